The van der Waals surface area contributed by atoms with Crippen molar-refractivity contribution in [1.82, 2.24) is 0 Å². The van der Waals surface area contributed by atoms with Crippen molar-refractivity contribution in [3.63, 3.8) is 0 Å². The molecule has 0 aliphatic rings. The number of carboxylic acid groups (broad SMARTS) is 1. The molecule has 0 spiro atoms. The van der Waals surface area contributed by atoms with Gasteiger partial charge in [0.05, 0.1) is 0 Å². The fraction of sp³-hybridized carbons (Fsp3) is 0.750. The van der Waals surface area contributed by atoms with E-state index in [4.69, 9.17) is 15.3 Å². The third-order valence-electron chi connectivity index (χ3n) is 0.837. The first-order chi connectivity index (χ1) is 3.55. The summed E-state index contributed by atoms with van der Waals surface area (Å²) in [5.41, 5.74) is 0. The molecule has 0 amide bonds. The predicted molar refractivity (Wildman–Crippen MR) is 26.1 cm³/mol. The van der Waals surface area contributed by atoms with Gasteiger partial charge >= 0.3 is 57.4 Å². The van der Waals surface area contributed by atoms with Crippen molar-refractivity contribution in [2.45, 2.75) is 13.2 Å². The minimum atomic E-state index is -1.76. The zero-order valence-electron chi connectivity index (χ0n) is 6.40. The molecule has 0 aromatic heterocycles. The zero-order valence-corrected chi connectivity index (χ0v) is 8.53. The van der Waals surface area contributed by atoms with Crippen LogP contribution < -0.4 is 51.4 Å². The van der Waals surface area contributed by atoms with Gasteiger partial charge in [0, 0.05) is 0 Å². The summed E-state index contributed by atoms with van der Waals surface area (Å²) in [4.78, 5) is 9.82. The molecular weight excluding hydrogens is 151 g/mol. The van der Waals surface area contributed by atoms with Crippen LogP contribution >= 0.6 is 0 Å². The van der Waals surface area contributed by atoms with E-state index in [1.807, 2.05) is 0 Å². The summed E-state index contributed by atoms with van der Waals surface area (Å²) < 4.78 is 0. The van der Waals surface area contributed by atoms with Gasteiger partial charge in [-0.05, 0) is 6.92 Å². The minimum Gasteiger partial charge on any atom is -1.00 e. The van der Waals surface area contributed by atoms with Gasteiger partial charge in [0.1, 0.15) is 5.92 Å². The number of aliphatic hydroxyl groups excluding tert-OH is 1. The fourth-order valence-corrected chi connectivity index (χ4v) is 0.128. The summed E-state index contributed by atoms with van der Waals surface area (Å²) >= 11 is 0. The number of aliphatic hydroxyl groups is 2. The Morgan fingerprint density at radius 3 is 1.89 bits per heavy atom. The molecule has 0 bridgehead atoms. The van der Waals surface area contributed by atoms with Crippen LogP contribution in [0.3, 0.4) is 0 Å². The molecule has 0 saturated carbocycles. The number of carbonyl (C=O) groups is 1. The number of carboxylic acids is 1. The second kappa shape index (κ2) is 5.78. The van der Waals surface area contributed by atoms with Gasteiger partial charge in [-0.15, -0.1) is 0 Å². The van der Waals surface area contributed by atoms with Crippen LogP contribution in [0.4, 0.5) is 0 Å². The molecule has 0 aliphatic carbocycles. The first kappa shape index (κ1) is 12.7. The van der Waals surface area contributed by atoms with E-state index in [2.05, 4.69) is 0 Å². The van der Waals surface area contributed by atoms with Crippen LogP contribution in [0.15, 0.2) is 0 Å². The molecule has 0 heterocycles. The normalized spacial score (nSPS) is 12.4. The Hall–Kier alpha value is 1.03. The van der Waals surface area contributed by atoms with Gasteiger partial charge in [-0.2, -0.15) is 0 Å². The Morgan fingerprint density at radius 1 is 1.56 bits per heavy atom. The molecule has 9 heavy (non-hydrogen) atoms. The molecule has 4 nitrogen and oxygen atoms in total. The van der Waals surface area contributed by atoms with Gasteiger partial charge in [0.2, 0.25) is 0 Å². The van der Waals surface area contributed by atoms with Crippen LogP contribution in [0.1, 0.15) is 8.35 Å². The Kier molecular flexibility index (Phi) is 8.15. The molecule has 0 aromatic rings. The van der Waals surface area contributed by atoms with Gasteiger partial charge in [-0.1, -0.05) is 0 Å². The van der Waals surface area contributed by atoms with E-state index in [0.717, 1.165) is 0 Å². The molecule has 50 valence electrons. The second-order valence-corrected chi connectivity index (χ2v) is 1.54. The quantitative estimate of drug-likeness (QED) is 0.285. The summed E-state index contributed by atoms with van der Waals surface area (Å²) in [6, 6.07) is 0. The Morgan fingerprint density at radius 2 is 1.89 bits per heavy atom. The van der Waals surface area contributed by atoms with Gasteiger partial charge in [0.25, 0.3) is 0 Å². The molecular formula is C4H9KO4. The van der Waals surface area contributed by atoms with Gasteiger partial charge in [-0.3, -0.25) is 4.79 Å². The smallest absolute Gasteiger partial charge is 1.00 e. The van der Waals surface area contributed by atoms with Crippen LogP contribution in [0, 0.1) is 5.92 Å². The summed E-state index contributed by atoms with van der Waals surface area (Å²) in [6.45, 7) is 1.22. The number of rotatable bonds is 2. The zero-order chi connectivity index (χ0) is 6.73. The monoisotopic (exact) mass is 160 g/mol. The van der Waals surface area contributed by atoms with E-state index in [-0.39, 0.29) is 52.8 Å². The molecule has 0 aliphatic heterocycles. The third-order valence-corrected chi connectivity index (χ3v) is 0.837. The summed E-state index contributed by atoms with van der Waals surface area (Å²) in [7, 11) is 0. The second-order valence-electron chi connectivity index (χ2n) is 1.54. The van der Waals surface area contributed by atoms with Crippen molar-refractivity contribution in [3.05, 3.63) is 0 Å². The van der Waals surface area contributed by atoms with Crippen molar-refractivity contribution >= 4 is 5.97 Å². The predicted octanol–water partition coefficient (Wildman–Crippen LogP) is -3.87. The molecule has 1 atom stereocenters. The van der Waals surface area contributed by atoms with Gasteiger partial charge in [0.15, 0.2) is 6.29 Å². The van der Waals surface area contributed by atoms with E-state index in [1.54, 1.807) is 0 Å². The van der Waals surface area contributed by atoms with E-state index in [1.165, 1.54) is 6.92 Å². The standard InChI is InChI=1S/C4H8O4.K.H/c1-2(3(5)6)4(7)8;;/h2-3,5-6H,1H3,(H,7,8);;/q;+1;-1. The van der Waals surface area contributed by atoms with Crippen molar-refractivity contribution in [2.24, 2.45) is 5.92 Å². The van der Waals surface area contributed by atoms with Gasteiger partial charge < -0.3 is 16.7 Å². The molecule has 0 saturated heterocycles. The largest absolute Gasteiger partial charge is 1.00 e. The van der Waals surface area contributed by atoms with Crippen LogP contribution in [0.25, 0.3) is 0 Å². The molecule has 0 rings (SSSR count). The van der Waals surface area contributed by atoms with E-state index >= 15 is 0 Å². The summed E-state index contributed by atoms with van der Waals surface area (Å²) in [6.07, 6.45) is -1.76. The van der Waals surface area contributed by atoms with Crippen molar-refractivity contribution < 1.29 is 72.9 Å². The van der Waals surface area contributed by atoms with Gasteiger partial charge in [-0.25, -0.2) is 0 Å². The van der Waals surface area contributed by atoms with Crippen molar-refractivity contribution in [2.75, 3.05) is 0 Å². The molecule has 0 radical (unpaired) electrons. The Labute approximate surface area is 96.8 Å². The number of aliphatic carboxylic acids is 1. The first-order valence-corrected chi connectivity index (χ1v) is 2.14. The van der Waals surface area contributed by atoms with Crippen molar-refractivity contribution in [1.29, 1.82) is 0 Å². The third kappa shape index (κ3) is 5.47. The molecule has 0 aromatic carbocycles. The maximum atomic E-state index is 9.82. The molecule has 5 heteroatoms. The molecule has 0 fully saturated rings. The average Bonchev–Trinajstić information content (AvgIpc) is 1.64. The van der Waals surface area contributed by atoms with Crippen LogP contribution in [0.2, 0.25) is 0 Å². The first-order valence-electron chi connectivity index (χ1n) is 2.14. The van der Waals surface area contributed by atoms with E-state index < -0.39 is 18.2 Å². The van der Waals surface area contributed by atoms with Crippen molar-refractivity contribution in [3.8, 4) is 0 Å². The number of hydrogen-bond acceptors (Lipinski definition) is 3. The average molecular weight is 160 g/mol. The maximum absolute atomic E-state index is 9.82. The Balaban J connectivity index is -0.000000245. The summed E-state index contributed by atoms with van der Waals surface area (Å²) in [5.74, 6) is -2.31. The molecule has 3 N–H and O–H groups in total. The minimum absolute atomic E-state index is 0. The Bertz CT molecular complexity index is 97.3. The van der Waals surface area contributed by atoms with Crippen LogP contribution in [-0.2, 0) is 4.79 Å². The fourth-order valence-electron chi connectivity index (χ4n) is 0.128. The number of hydrogen-bond donors (Lipinski definition) is 3. The van der Waals surface area contributed by atoms with Crippen LogP contribution in [0.5, 0.6) is 0 Å². The maximum Gasteiger partial charge on any atom is 1.00 e. The van der Waals surface area contributed by atoms with E-state index in [0.29, 0.717) is 0 Å². The van der Waals surface area contributed by atoms with E-state index in [9.17, 15) is 4.79 Å². The summed E-state index contributed by atoms with van der Waals surface area (Å²) in [5, 5.41) is 24.4. The molecule has 1 unspecified atom stereocenters. The SMILES string of the molecule is CC(C(=O)O)C(O)O.[H-].[K+]. The van der Waals surface area contributed by atoms with Crippen LogP contribution in [-0.4, -0.2) is 27.6 Å². The topological polar surface area (TPSA) is 77.8 Å².